The Labute approximate surface area is 181 Å². The molecular formula is C23H39O6P. The molecule has 1 aliphatic heterocycles. The summed E-state index contributed by atoms with van der Waals surface area (Å²) in [6.45, 7) is 8.16. The van der Waals surface area contributed by atoms with Crippen molar-refractivity contribution >= 4 is 12.7 Å². The highest BCUT2D eigenvalue weighted by atomic mass is 31.2. The van der Waals surface area contributed by atoms with Gasteiger partial charge in [-0.2, -0.15) is 0 Å². The van der Waals surface area contributed by atoms with E-state index in [0.29, 0.717) is 25.1 Å². The van der Waals surface area contributed by atoms with E-state index < -0.39 is 31.5 Å². The monoisotopic (exact) mass is 442 g/mol. The highest BCUT2D eigenvalue weighted by Crippen LogP contribution is 2.57. The molecular weight excluding hydrogens is 403 g/mol. The molecule has 1 aliphatic rings. The van der Waals surface area contributed by atoms with Crippen LogP contribution in [0.2, 0.25) is 0 Å². The van der Waals surface area contributed by atoms with Crippen molar-refractivity contribution in [3.05, 3.63) is 30.3 Å². The molecule has 0 amide bonds. The second-order valence-electron chi connectivity index (χ2n) is 7.80. The second-order valence-corrected chi connectivity index (χ2v) is 10.2. The molecule has 2 unspecified atom stereocenters. The van der Waals surface area contributed by atoms with E-state index in [4.69, 9.17) is 18.7 Å². The third-order valence-corrected chi connectivity index (χ3v) is 7.87. The number of unbranched alkanes of at least 4 members (excludes halogenated alkanes) is 3. The molecule has 172 valence electrons. The molecule has 0 aliphatic carbocycles. The zero-order chi connectivity index (χ0) is 21.8. The summed E-state index contributed by atoms with van der Waals surface area (Å²) in [6.07, 6.45) is 3.88. The van der Waals surface area contributed by atoms with Gasteiger partial charge in [-0.05, 0) is 31.4 Å². The van der Waals surface area contributed by atoms with Gasteiger partial charge in [-0.25, -0.2) is 0 Å². The van der Waals surface area contributed by atoms with Crippen molar-refractivity contribution in [3.63, 3.8) is 0 Å². The lowest BCUT2D eigenvalue weighted by atomic mass is 10.1. The zero-order valence-corrected chi connectivity index (χ0v) is 19.6. The van der Waals surface area contributed by atoms with Crippen LogP contribution in [0.15, 0.2) is 30.3 Å². The lowest BCUT2D eigenvalue weighted by Crippen LogP contribution is -2.55. The fourth-order valence-electron chi connectivity index (χ4n) is 3.43. The van der Waals surface area contributed by atoms with Crippen molar-refractivity contribution in [3.8, 4) is 0 Å². The van der Waals surface area contributed by atoms with Crippen LogP contribution in [-0.2, 0) is 23.3 Å². The van der Waals surface area contributed by atoms with Crippen molar-refractivity contribution in [1.29, 1.82) is 0 Å². The maximum atomic E-state index is 13.9. The van der Waals surface area contributed by atoms with Gasteiger partial charge >= 0.3 is 0 Å². The molecule has 5 atom stereocenters. The van der Waals surface area contributed by atoms with E-state index in [-0.39, 0.29) is 6.61 Å². The van der Waals surface area contributed by atoms with E-state index in [9.17, 15) is 9.67 Å². The first kappa shape index (κ1) is 25.5. The molecule has 2 rings (SSSR count). The van der Waals surface area contributed by atoms with Gasteiger partial charge in [-0.1, -0.05) is 58.2 Å². The molecule has 1 aromatic rings. The summed E-state index contributed by atoms with van der Waals surface area (Å²) in [5.74, 6) is -1.28. The maximum Gasteiger partial charge on any atom is 0.262 e. The quantitative estimate of drug-likeness (QED) is 0.338. The van der Waals surface area contributed by atoms with Gasteiger partial charge in [0.2, 0.25) is 0 Å². The molecule has 1 fully saturated rings. The third kappa shape index (κ3) is 6.88. The molecule has 0 aromatic heterocycles. The Bertz CT molecular complexity index is 625. The summed E-state index contributed by atoms with van der Waals surface area (Å²) >= 11 is 0. The van der Waals surface area contributed by atoms with Crippen molar-refractivity contribution < 1.29 is 28.4 Å². The lowest BCUT2D eigenvalue weighted by Gasteiger charge is -2.44. The van der Waals surface area contributed by atoms with Gasteiger partial charge in [0.15, 0.2) is 5.85 Å². The maximum absolute atomic E-state index is 13.9. The number of aliphatic hydroxyl groups excluding tert-OH is 1. The molecule has 0 bridgehead atoms. The Morgan fingerprint density at radius 1 is 0.900 bits per heavy atom. The first-order valence-electron chi connectivity index (χ1n) is 11.4. The van der Waals surface area contributed by atoms with Crippen LogP contribution in [0.1, 0.15) is 59.3 Å². The van der Waals surface area contributed by atoms with E-state index in [1.807, 2.05) is 6.07 Å². The Hall–Kier alpha value is -0.750. The van der Waals surface area contributed by atoms with Crippen LogP contribution < -0.4 is 5.30 Å². The third-order valence-electron chi connectivity index (χ3n) is 5.28. The Kier molecular flexibility index (Phi) is 11.6. The SMILES string of the molecule is CCCCOC[C@H]1OP(=O)(c2ccccc2)C(O)[C@H](OCCCC)[C@H]1OCCCC. The molecule has 6 nitrogen and oxygen atoms in total. The Morgan fingerprint density at radius 3 is 2.07 bits per heavy atom. The number of benzene rings is 1. The minimum atomic E-state index is -3.58. The minimum Gasteiger partial charge on any atom is -0.380 e. The first-order valence-corrected chi connectivity index (χ1v) is 13.1. The minimum absolute atomic E-state index is 0.258. The topological polar surface area (TPSA) is 74.2 Å². The average Bonchev–Trinajstić information content (AvgIpc) is 2.76. The lowest BCUT2D eigenvalue weighted by molar-refractivity contribution is -0.166. The van der Waals surface area contributed by atoms with E-state index in [2.05, 4.69) is 20.8 Å². The predicted molar refractivity (Wildman–Crippen MR) is 120 cm³/mol. The summed E-state index contributed by atoms with van der Waals surface area (Å²) in [7, 11) is -3.58. The highest BCUT2D eigenvalue weighted by molar-refractivity contribution is 7.67. The highest BCUT2D eigenvalue weighted by Gasteiger charge is 2.53. The Balaban J connectivity index is 2.29. The smallest absolute Gasteiger partial charge is 0.262 e. The van der Waals surface area contributed by atoms with Crippen LogP contribution in [0, 0.1) is 0 Å². The largest absolute Gasteiger partial charge is 0.380 e. The van der Waals surface area contributed by atoms with E-state index in [1.165, 1.54) is 0 Å². The van der Waals surface area contributed by atoms with Gasteiger partial charge in [0.25, 0.3) is 7.37 Å². The van der Waals surface area contributed by atoms with E-state index in [1.54, 1.807) is 24.3 Å². The van der Waals surface area contributed by atoms with Crippen molar-refractivity contribution in [2.75, 3.05) is 26.4 Å². The fourth-order valence-corrected chi connectivity index (χ4v) is 5.79. The van der Waals surface area contributed by atoms with Crippen LogP contribution >= 0.6 is 7.37 Å². The molecule has 0 radical (unpaired) electrons. The molecule has 1 aromatic carbocycles. The van der Waals surface area contributed by atoms with Crippen molar-refractivity contribution in [1.82, 2.24) is 0 Å². The van der Waals surface area contributed by atoms with Gasteiger partial charge in [0.1, 0.15) is 18.3 Å². The van der Waals surface area contributed by atoms with Gasteiger partial charge in [-0.15, -0.1) is 0 Å². The van der Waals surface area contributed by atoms with Crippen molar-refractivity contribution in [2.45, 2.75) is 83.5 Å². The first-order chi connectivity index (χ1) is 14.6. The summed E-state index contributed by atoms with van der Waals surface area (Å²) in [5.41, 5.74) is 0. The number of rotatable bonds is 14. The summed E-state index contributed by atoms with van der Waals surface area (Å²) in [6, 6.07) is 8.92. The summed E-state index contributed by atoms with van der Waals surface area (Å²) in [4.78, 5) is 0. The van der Waals surface area contributed by atoms with Gasteiger partial charge in [0.05, 0.1) is 6.61 Å². The van der Waals surface area contributed by atoms with Gasteiger partial charge in [-0.3, -0.25) is 4.57 Å². The van der Waals surface area contributed by atoms with Gasteiger partial charge < -0.3 is 23.8 Å². The second kappa shape index (κ2) is 13.6. The van der Waals surface area contributed by atoms with Gasteiger partial charge in [0, 0.05) is 25.1 Å². The summed E-state index contributed by atoms with van der Waals surface area (Å²) in [5, 5.41) is 11.7. The molecule has 1 heterocycles. The van der Waals surface area contributed by atoms with Crippen LogP contribution in [-0.4, -0.2) is 55.7 Å². The number of hydrogen-bond acceptors (Lipinski definition) is 6. The number of aliphatic hydroxyl groups is 1. The van der Waals surface area contributed by atoms with Crippen LogP contribution in [0.4, 0.5) is 0 Å². The zero-order valence-electron chi connectivity index (χ0n) is 18.7. The number of hydrogen-bond donors (Lipinski definition) is 1. The van der Waals surface area contributed by atoms with E-state index >= 15 is 0 Å². The molecule has 0 saturated carbocycles. The fraction of sp³-hybridized carbons (Fsp3) is 0.739. The number of ether oxygens (including phenoxy) is 3. The predicted octanol–water partition coefficient (Wildman–Crippen LogP) is 4.49. The Morgan fingerprint density at radius 2 is 1.47 bits per heavy atom. The standard InChI is InChI=1S/C23H39O6P/c1-4-7-15-26-18-20-21(27-16-8-5-2)22(28-17-9-6-3)23(24)30(25,29-20)19-13-11-10-12-14-19/h10-14,20-24H,4-9,15-18H2,1-3H3/t20-,21+,22-,23?,30?/m1/s1. The molecule has 7 heteroatoms. The van der Waals surface area contributed by atoms with E-state index in [0.717, 1.165) is 38.5 Å². The molecule has 30 heavy (non-hydrogen) atoms. The average molecular weight is 443 g/mol. The molecule has 1 saturated heterocycles. The molecule has 1 N–H and O–H groups in total. The molecule has 0 spiro atoms. The van der Waals surface area contributed by atoms with Crippen LogP contribution in [0.3, 0.4) is 0 Å². The van der Waals surface area contributed by atoms with Crippen LogP contribution in [0.25, 0.3) is 0 Å². The van der Waals surface area contributed by atoms with Crippen LogP contribution in [0.5, 0.6) is 0 Å². The summed E-state index contributed by atoms with van der Waals surface area (Å²) < 4.78 is 38.0. The van der Waals surface area contributed by atoms with Crippen molar-refractivity contribution in [2.24, 2.45) is 0 Å². The normalized spacial score (nSPS) is 29.2.